The van der Waals surface area contributed by atoms with Gasteiger partial charge in [-0.05, 0) is 29.7 Å². The van der Waals surface area contributed by atoms with Crippen LogP contribution in [0.2, 0.25) is 5.02 Å². The highest BCUT2D eigenvalue weighted by molar-refractivity contribution is 6.30. The molecule has 1 aliphatic rings. The Bertz CT molecular complexity index is 867. The van der Waals surface area contributed by atoms with Gasteiger partial charge in [-0.25, -0.2) is 0 Å². The Balaban J connectivity index is 1.90. The fraction of sp³-hybridized carbons (Fsp3) is 0.238. The first-order chi connectivity index (χ1) is 11.6. The summed E-state index contributed by atoms with van der Waals surface area (Å²) in [5.41, 5.74) is 6.13. The molecule has 2 heterocycles. The van der Waals surface area contributed by atoms with Gasteiger partial charge in [0.05, 0.1) is 6.61 Å². The Hall–Kier alpha value is -2.03. The first-order valence-electron chi connectivity index (χ1n) is 8.24. The van der Waals surface area contributed by atoms with Gasteiger partial charge in [0.2, 0.25) is 0 Å². The molecule has 0 saturated heterocycles. The van der Waals surface area contributed by atoms with Crippen LogP contribution in [-0.2, 0) is 13.0 Å². The van der Waals surface area contributed by atoms with Crippen molar-refractivity contribution >= 4 is 11.6 Å². The minimum Gasteiger partial charge on any atom is -0.396 e. The van der Waals surface area contributed by atoms with E-state index in [2.05, 4.69) is 54.1 Å². The maximum Gasteiger partial charge on any atom is 0.0505 e. The van der Waals surface area contributed by atoms with Crippen LogP contribution >= 0.6 is 11.6 Å². The Kier molecular flexibility index (Phi) is 3.75. The number of nitrogens with zero attached hydrogens (tertiary/aromatic N) is 1. The summed E-state index contributed by atoms with van der Waals surface area (Å²) in [7, 11) is 0. The predicted octanol–water partition coefficient (Wildman–Crippen LogP) is 5.03. The Morgan fingerprint density at radius 1 is 1.04 bits per heavy atom. The zero-order valence-electron chi connectivity index (χ0n) is 13.7. The van der Waals surface area contributed by atoms with E-state index in [9.17, 15) is 5.11 Å². The molecule has 4 rings (SSSR count). The van der Waals surface area contributed by atoms with Crippen LogP contribution in [0.3, 0.4) is 0 Å². The minimum absolute atomic E-state index is 0.0720. The van der Waals surface area contributed by atoms with Crippen molar-refractivity contribution < 1.29 is 5.11 Å². The lowest BCUT2D eigenvalue weighted by Gasteiger charge is -2.20. The van der Waals surface area contributed by atoms with Crippen LogP contribution in [0.25, 0.3) is 22.3 Å². The molecular formula is C21H20ClNO. The largest absolute Gasteiger partial charge is 0.396 e. The van der Waals surface area contributed by atoms with E-state index < -0.39 is 0 Å². The number of hydrogen-bond donors (Lipinski definition) is 1. The highest BCUT2D eigenvalue weighted by Gasteiger charge is 2.35. The molecule has 1 aromatic heterocycles. The van der Waals surface area contributed by atoms with E-state index in [-0.39, 0.29) is 12.0 Å². The van der Waals surface area contributed by atoms with Crippen molar-refractivity contribution in [2.24, 2.45) is 5.41 Å². The van der Waals surface area contributed by atoms with Gasteiger partial charge in [-0.3, -0.25) is 0 Å². The maximum absolute atomic E-state index is 9.77. The number of benzene rings is 2. The molecule has 0 saturated carbocycles. The van der Waals surface area contributed by atoms with E-state index in [1.165, 1.54) is 27.9 Å². The third kappa shape index (κ3) is 2.56. The molecule has 0 fully saturated rings. The molecule has 1 N–H and O–H groups in total. The lowest BCUT2D eigenvalue weighted by molar-refractivity contribution is 0.142. The highest BCUT2D eigenvalue weighted by atomic mass is 35.5. The number of rotatable bonds is 3. The fourth-order valence-electron chi connectivity index (χ4n) is 3.68. The Morgan fingerprint density at radius 3 is 2.42 bits per heavy atom. The summed E-state index contributed by atoms with van der Waals surface area (Å²) in [5, 5.41) is 10.5. The SMILES string of the molecule is CC1(CO)Cc2c(-c3ccccc3)c(-c3ccc(Cl)cc3)cn2C1. The first-order valence-corrected chi connectivity index (χ1v) is 8.62. The van der Waals surface area contributed by atoms with Gasteiger partial charge in [0.15, 0.2) is 0 Å². The van der Waals surface area contributed by atoms with Crippen molar-refractivity contribution in [3.63, 3.8) is 0 Å². The van der Waals surface area contributed by atoms with E-state index in [1.807, 2.05) is 18.2 Å². The van der Waals surface area contributed by atoms with Gasteiger partial charge in [0.25, 0.3) is 0 Å². The van der Waals surface area contributed by atoms with Crippen molar-refractivity contribution in [1.29, 1.82) is 0 Å². The molecule has 122 valence electrons. The van der Waals surface area contributed by atoms with Crippen molar-refractivity contribution in [3.05, 3.63) is 71.5 Å². The summed E-state index contributed by atoms with van der Waals surface area (Å²) < 4.78 is 2.31. The van der Waals surface area contributed by atoms with Crippen LogP contribution in [-0.4, -0.2) is 16.3 Å². The molecule has 1 aliphatic heterocycles. The van der Waals surface area contributed by atoms with Gasteiger partial charge in [-0.15, -0.1) is 0 Å². The van der Waals surface area contributed by atoms with Gasteiger partial charge in [0.1, 0.15) is 0 Å². The summed E-state index contributed by atoms with van der Waals surface area (Å²) in [6.45, 7) is 3.21. The molecule has 3 aromatic rings. The van der Waals surface area contributed by atoms with Crippen LogP contribution in [0.1, 0.15) is 12.6 Å². The minimum atomic E-state index is -0.0720. The predicted molar refractivity (Wildman–Crippen MR) is 99.2 cm³/mol. The first kappa shape index (κ1) is 15.5. The monoisotopic (exact) mass is 337 g/mol. The third-order valence-electron chi connectivity index (χ3n) is 4.94. The zero-order valence-corrected chi connectivity index (χ0v) is 14.4. The average Bonchev–Trinajstić information content (AvgIpc) is 3.10. The molecule has 0 aliphatic carbocycles. The summed E-state index contributed by atoms with van der Waals surface area (Å²) in [4.78, 5) is 0. The Morgan fingerprint density at radius 2 is 1.75 bits per heavy atom. The Labute approximate surface area is 147 Å². The number of fused-ring (bicyclic) bond motifs is 1. The summed E-state index contributed by atoms with van der Waals surface area (Å²) >= 11 is 6.05. The number of hydrogen-bond acceptors (Lipinski definition) is 1. The molecule has 0 amide bonds. The van der Waals surface area contributed by atoms with Crippen LogP contribution in [0.15, 0.2) is 60.8 Å². The zero-order chi connectivity index (χ0) is 16.7. The van der Waals surface area contributed by atoms with Crippen LogP contribution in [0, 0.1) is 5.41 Å². The number of halogens is 1. The van der Waals surface area contributed by atoms with Crippen molar-refractivity contribution in [2.75, 3.05) is 6.61 Å². The van der Waals surface area contributed by atoms with Crippen LogP contribution in [0.4, 0.5) is 0 Å². The van der Waals surface area contributed by atoms with Gasteiger partial charge in [-0.2, -0.15) is 0 Å². The number of aromatic nitrogens is 1. The summed E-state index contributed by atoms with van der Waals surface area (Å²) in [5.74, 6) is 0. The van der Waals surface area contributed by atoms with Gasteiger partial charge >= 0.3 is 0 Å². The van der Waals surface area contributed by atoms with Crippen molar-refractivity contribution in [2.45, 2.75) is 19.9 Å². The standard InChI is InChI=1S/C21H20ClNO/c1-21(14-24)11-19-20(16-5-3-2-4-6-16)18(12-23(19)13-21)15-7-9-17(22)10-8-15/h2-10,12,24H,11,13-14H2,1H3. The summed E-state index contributed by atoms with van der Waals surface area (Å²) in [6, 6.07) is 18.5. The van der Waals surface area contributed by atoms with Crippen molar-refractivity contribution in [1.82, 2.24) is 4.57 Å². The molecule has 0 radical (unpaired) electrons. The van der Waals surface area contributed by atoms with Crippen LogP contribution in [0.5, 0.6) is 0 Å². The molecule has 0 spiro atoms. The fourth-order valence-corrected chi connectivity index (χ4v) is 3.81. The molecule has 0 bridgehead atoms. The summed E-state index contributed by atoms with van der Waals surface area (Å²) in [6.07, 6.45) is 3.11. The van der Waals surface area contributed by atoms with Gasteiger partial charge in [0, 0.05) is 40.0 Å². The van der Waals surface area contributed by atoms with E-state index >= 15 is 0 Å². The van der Waals surface area contributed by atoms with E-state index in [4.69, 9.17) is 11.6 Å². The second-order valence-electron chi connectivity index (χ2n) is 7.01. The lowest BCUT2D eigenvalue weighted by Crippen LogP contribution is -2.22. The number of aliphatic hydroxyl groups excluding tert-OH is 1. The second kappa shape index (κ2) is 5.80. The van der Waals surface area contributed by atoms with Crippen LogP contribution < -0.4 is 0 Å². The normalized spacial score (nSPS) is 19.5. The third-order valence-corrected chi connectivity index (χ3v) is 5.19. The van der Waals surface area contributed by atoms with E-state index in [1.54, 1.807) is 0 Å². The average molecular weight is 338 g/mol. The second-order valence-corrected chi connectivity index (χ2v) is 7.45. The molecule has 1 atom stereocenters. The van der Waals surface area contributed by atoms with Gasteiger partial charge in [-0.1, -0.05) is 61.0 Å². The van der Waals surface area contributed by atoms with E-state index in [0.29, 0.717) is 0 Å². The maximum atomic E-state index is 9.77. The van der Waals surface area contributed by atoms with E-state index in [0.717, 1.165) is 18.0 Å². The topological polar surface area (TPSA) is 25.2 Å². The molecule has 2 aromatic carbocycles. The smallest absolute Gasteiger partial charge is 0.0505 e. The molecule has 3 heteroatoms. The lowest BCUT2D eigenvalue weighted by atomic mass is 9.86. The highest BCUT2D eigenvalue weighted by Crippen LogP contribution is 2.44. The molecule has 2 nitrogen and oxygen atoms in total. The molecule has 1 unspecified atom stereocenters. The van der Waals surface area contributed by atoms with Crippen molar-refractivity contribution in [3.8, 4) is 22.3 Å². The van der Waals surface area contributed by atoms with Gasteiger partial charge < -0.3 is 9.67 Å². The quantitative estimate of drug-likeness (QED) is 0.712. The molecular weight excluding hydrogens is 318 g/mol. The number of aliphatic hydroxyl groups is 1. The molecule has 24 heavy (non-hydrogen) atoms.